The summed E-state index contributed by atoms with van der Waals surface area (Å²) >= 11 is 0. The largest absolute Gasteiger partial charge is 0.461 e. The Hall–Kier alpha value is -2.56. The zero-order valence-electron chi connectivity index (χ0n) is 12.9. The molecule has 2 aliphatic rings. The third-order valence-corrected chi connectivity index (χ3v) is 4.79. The van der Waals surface area contributed by atoms with E-state index in [0.717, 1.165) is 12.0 Å². The smallest absolute Gasteiger partial charge is 0.258 e. The molecule has 0 bridgehead atoms. The molecule has 0 radical (unpaired) electrons. The molecule has 1 saturated carbocycles. The molecule has 0 spiro atoms. The van der Waals surface area contributed by atoms with Crippen LogP contribution in [0.3, 0.4) is 0 Å². The van der Waals surface area contributed by atoms with Gasteiger partial charge in [-0.05, 0) is 31.7 Å². The Labute approximate surface area is 134 Å². The zero-order valence-corrected chi connectivity index (χ0v) is 12.9. The van der Waals surface area contributed by atoms with Gasteiger partial charge in [0, 0.05) is 11.6 Å². The van der Waals surface area contributed by atoms with E-state index in [1.165, 1.54) is 0 Å². The first-order valence-corrected chi connectivity index (χ1v) is 7.84. The molecule has 4 rings (SSSR count). The summed E-state index contributed by atoms with van der Waals surface area (Å²) < 4.78 is 5.76. The molecule has 5 heteroatoms. The van der Waals surface area contributed by atoms with Gasteiger partial charge in [0.15, 0.2) is 0 Å². The summed E-state index contributed by atoms with van der Waals surface area (Å²) in [5, 5.41) is 0. The van der Waals surface area contributed by atoms with Gasteiger partial charge in [-0.3, -0.25) is 9.59 Å². The molecule has 2 aromatic rings. The van der Waals surface area contributed by atoms with Crippen molar-refractivity contribution in [1.29, 1.82) is 0 Å². The number of hydrogen-bond donors (Lipinski definition) is 1. The Morgan fingerprint density at radius 3 is 2.65 bits per heavy atom. The molecule has 1 aliphatic heterocycles. The second-order valence-electron chi connectivity index (χ2n) is 6.40. The van der Waals surface area contributed by atoms with E-state index in [4.69, 9.17) is 10.2 Å². The van der Waals surface area contributed by atoms with Crippen LogP contribution >= 0.6 is 0 Å². The number of piperidine rings is 1. The number of furan rings is 1. The van der Waals surface area contributed by atoms with Gasteiger partial charge in [0.1, 0.15) is 17.6 Å². The SMILES string of the molecule is Cc1cc(C(=O)N2[C@H](C(N)=O)C[C@H]3C[C@@H]32)c(-c2ccccc2)o1. The van der Waals surface area contributed by atoms with Crippen molar-refractivity contribution in [2.75, 3.05) is 0 Å². The summed E-state index contributed by atoms with van der Waals surface area (Å²) in [4.78, 5) is 26.4. The molecule has 0 unspecified atom stereocenters. The number of nitrogens with zero attached hydrogens (tertiary/aromatic N) is 1. The minimum Gasteiger partial charge on any atom is -0.461 e. The molecule has 2 heterocycles. The highest BCUT2D eigenvalue weighted by Crippen LogP contribution is 2.48. The Morgan fingerprint density at radius 1 is 1.22 bits per heavy atom. The summed E-state index contributed by atoms with van der Waals surface area (Å²) in [7, 11) is 0. The fourth-order valence-corrected chi connectivity index (χ4v) is 3.62. The Bertz CT molecular complexity index is 781. The summed E-state index contributed by atoms with van der Waals surface area (Å²) in [6.45, 7) is 1.82. The second-order valence-corrected chi connectivity index (χ2v) is 6.40. The Balaban J connectivity index is 1.73. The highest BCUT2D eigenvalue weighted by molar-refractivity contribution is 6.02. The third-order valence-electron chi connectivity index (χ3n) is 4.79. The number of carbonyl (C=O) groups excluding carboxylic acids is 2. The van der Waals surface area contributed by atoms with Crippen molar-refractivity contribution in [2.45, 2.75) is 31.8 Å². The van der Waals surface area contributed by atoms with Crippen molar-refractivity contribution in [1.82, 2.24) is 4.90 Å². The third kappa shape index (κ3) is 2.23. The maximum absolute atomic E-state index is 13.1. The lowest BCUT2D eigenvalue weighted by atomic mass is 10.1. The van der Waals surface area contributed by atoms with E-state index >= 15 is 0 Å². The molecule has 5 nitrogen and oxygen atoms in total. The van der Waals surface area contributed by atoms with E-state index in [2.05, 4.69) is 0 Å². The lowest BCUT2D eigenvalue weighted by molar-refractivity contribution is -0.122. The van der Waals surface area contributed by atoms with Crippen LogP contribution in [0, 0.1) is 12.8 Å². The van der Waals surface area contributed by atoms with Gasteiger partial charge < -0.3 is 15.1 Å². The first-order valence-electron chi connectivity index (χ1n) is 7.84. The zero-order chi connectivity index (χ0) is 16.1. The number of primary amides is 1. The summed E-state index contributed by atoms with van der Waals surface area (Å²) in [5.74, 6) is 1.07. The van der Waals surface area contributed by atoms with Crippen LogP contribution in [-0.2, 0) is 4.79 Å². The highest BCUT2D eigenvalue weighted by Gasteiger charge is 2.56. The van der Waals surface area contributed by atoms with Crippen molar-refractivity contribution in [3.8, 4) is 11.3 Å². The van der Waals surface area contributed by atoms with Crippen molar-refractivity contribution < 1.29 is 14.0 Å². The molecular formula is C18H18N2O3. The van der Waals surface area contributed by atoms with Gasteiger partial charge in [-0.2, -0.15) is 0 Å². The molecule has 1 saturated heterocycles. The molecule has 23 heavy (non-hydrogen) atoms. The van der Waals surface area contributed by atoms with Gasteiger partial charge in [0.05, 0.1) is 5.56 Å². The van der Waals surface area contributed by atoms with E-state index in [9.17, 15) is 9.59 Å². The predicted molar refractivity (Wildman–Crippen MR) is 84.5 cm³/mol. The number of benzene rings is 1. The van der Waals surface area contributed by atoms with Crippen LogP contribution in [0.15, 0.2) is 40.8 Å². The summed E-state index contributed by atoms with van der Waals surface area (Å²) in [6, 6.07) is 10.9. The quantitative estimate of drug-likeness (QED) is 0.945. The van der Waals surface area contributed by atoms with Crippen LogP contribution in [0.4, 0.5) is 0 Å². The van der Waals surface area contributed by atoms with Gasteiger partial charge in [0.25, 0.3) is 5.91 Å². The minimum atomic E-state index is -0.495. The van der Waals surface area contributed by atoms with Gasteiger partial charge in [-0.1, -0.05) is 30.3 Å². The first-order chi connectivity index (χ1) is 11.1. The van der Waals surface area contributed by atoms with Crippen LogP contribution in [0.5, 0.6) is 0 Å². The van der Waals surface area contributed by atoms with Crippen molar-refractivity contribution in [3.63, 3.8) is 0 Å². The van der Waals surface area contributed by atoms with Gasteiger partial charge >= 0.3 is 0 Å². The second kappa shape index (κ2) is 4.98. The topological polar surface area (TPSA) is 76.5 Å². The standard InChI is InChI=1S/C18H18N2O3/c1-10-7-13(16(23-10)11-5-3-2-4-6-11)18(22)20-14-8-12(14)9-15(20)17(19)21/h2-7,12,14-15H,8-9H2,1H3,(H2,19,21)/t12-,14+,15+/m1/s1. The van der Waals surface area contributed by atoms with Crippen molar-refractivity contribution in [3.05, 3.63) is 47.7 Å². The van der Waals surface area contributed by atoms with Crippen molar-refractivity contribution >= 4 is 11.8 Å². The highest BCUT2D eigenvalue weighted by atomic mass is 16.3. The number of likely N-dealkylation sites (tertiary alicyclic amines) is 1. The van der Waals surface area contributed by atoms with Crippen LogP contribution in [-0.4, -0.2) is 28.8 Å². The lowest BCUT2D eigenvalue weighted by Crippen LogP contribution is -2.46. The predicted octanol–water partition coefficient (Wildman–Crippen LogP) is 2.34. The van der Waals surface area contributed by atoms with E-state index in [1.54, 1.807) is 11.0 Å². The first kappa shape index (κ1) is 14.1. The van der Waals surface area contributed by atoms with Crippen LogP contribution < -0.4 is 5.73 Å². The molecular weight excluding hydrogens is 292 g/mol. The van der Waals surface area contributed by atoms with Crippen LogP contribution in [0.2, 0.25) is 0 Å². The van der Waals surface area contributed by atoms with Crippen LogP contribution in [0.25, 0.3) is 11.3 Å². The monoisotopic (exact) mass is 310 g/mol. The van der Waals surface area contributed by atoms with Gasteiger partial charge in [-0.15, -0.1) is 0 Å². The normalized spacial score (nSPS) is 25.3. The van der Waals surface area contributed by atoms with Gasteiger partial charge in [-0.25, -0.2) is 0 Å². The number of hydrogen-bond acceptors (Lipinski definition) is 3. The van der Waals surface area contributed by atoms with E-state index in [0.29, 0.717) is 29.4 Å². The number of aryl methyl sites for hydroxylation is 1. The lowest BCUT2D eigenvalue weighted by Gasteiger charge is -2.25. The summed E-state index contributed by atoms with van der Waals surface area (Å²) in [5.41, 5.74) is 6.84. The fourth-order valence-electron chi connectivity index (χ4n) is 3.62. The van der Waals surface area contributed by atoms with Gasteiger partial charge in [0.2, 0.25) is 5.91 Å². The Morgan fingerprint density at radius 2 is 1.96 bits per heavy atom. The molecule has 2 amide bonds. The average molecular weight is 310 g/mol. The number of rotatable bonds is 3. The molecule has 1 aromatic carbocycles. The average Bonchev–Trinajstić information content (AvgIpc) is 3.03. The summed E-state index contributed by atoms with van der Waals surface area (Å²) in [6.07, 6.45) is 1.65. The minimum absolute atomic E-state index is 0.152. The number of nitrogens with two attached hydrogens (primary N) is 1. The van der Waals surface area contributed by atoms with E-state index in [-0.39, 0.29) is 11.9 Å². The number of fused-ring (bicyclic) bond motifs is 1. The number of carbonyl (C=O) groups is 2. The Kier molecular flexibility index (Phi) is 3.04. The molecule has 2 fully saturated rings. The fraction of sp³-hybridized carbons (Fsp3) is 0.333. The molecule has 3 atom stereocenters. The molecule has 1 aromatic heterocycles. The maximum atomic E-state index is 13.1. The molecule has 118 valence electrons. The van der Waals surface area contributed by atoms with Crippen LogP contribution in [0.1, 0.15) is 29.0 Å². The van der Waals surface area contributed by atoms with E-state index < -0.39 is 11.9 Å². The molecule has 1 aliphatic carbocycles. The number of amides is 2. The molecule has 2 N–H and O–H groups in total. The van der Waals surface area contributed by atoms with Crippen molar-refractivity contribution in [2.24, 2.45) is 11.7 Å². The maximum Gasteiger partial charge on any atom is 0.258 e. The van der Waals surface area contributed by atoms with E-state index in [1.807, 2.05) is 37.3 Å².